The molecule has 110 valence electrons. The molecule has 0 saturated heterocycles. The van der Waals surface area contributed by atoms with E-state index in [2.05, 4.69) is 10.1 Å². The van der Waals surface area contributed by atoms with Crippen LogP contribution in [-0.4, -0.2) is 22.6 Å². The molecule has 0 atom stereocenters. The molecule has 1 aromatic heterocycles. The number of rotatable bonds is 5. The van der Waals surface area contributed by atoms with Crippen molar-refractivity contribution in [2.24, 2.45) is 10.9 Å². The van der Waals surface area contributed by atoms with Gasteiger partial charge >= 0.3 is 0 Å². The zero-order chi connectivity index (χ0) is 15.2. The summed E-state index contributed by atoms with van der Waals surface area (Å²) in [6.07, 6.45) is 0. The van der Waals surface area contributed by atoms with Crippen molar-refractivity contribution < 1.29 is 14.7 Å². The lowest BCUT2D eigenvalue weighted by atomic mass is 10.2. The molecule has 0 radical (unpaired) electrons. The number of hydrogen-bond donors (Lipinski definition) is 2. The lowest BCUT2D eigenvalue weighted by Crippen LogP contribution is -2.13. The summed E-state index contributed by atoms with van der Waals surface area (Å²) in [6, 6.07) is 10.5. The molecule has 1 aromatic carbocycles. The van der Waals surface area contributed by atoms with Crippen molar-refractivity contribution in [2.45, 2.75) is 13.8 Å². The summed E-state index contributed by atoms with van der Waals surface area (Å²) < 4.78 is 11.0. The van der Waals surface area contributed by atoms with Crippen LogP contribution in [0.1, 0.15) is 18.2 Å². The molecule has 2 aromatic rings. The van der Waals surface area contributed by atoms with Crippen LogP contribution in [0.5, 0.6) is 17.4 Å². The highest BCUT2D eigenvalue weighted by atomic mass is 16.5. The molecule has 21 heavy (non-hydrogen) atoms. The van der Waals surface area contributed by atoms with E-state index >= 15 is 0 Å². The van der Waals surface area contributed by atoms with Gasteiger partial charge in [0.05, 0.1) is 6.61 Å². The summed E-state index contributed by atoms with van der Waals surface area (Å²) in [5.41, 5.74) is 6.83. The largest absolute Gasteiger partial charge is 0.494 e. The Hall–Kier alpha value is -2.76. The highest BCUT2D eigenvalue weighted by molar-refractivity contribution is 5.97. The maximum Gasteiger partial charge on any atom is 0.220 e. The van der Waals surface area contributed by atoms with E-state index < -0.39 is 0 Å². The van der Waals surface area contributed by atoms with Crippen LogP contribution in [0.2, 0.25) is 0 Å². The molecule has 0 unspecified atom stereocenters. The van der Waals surface area contributed by atoms with Gasteiger partial charge in [0.1, 0.15) is 11.5 Å². The first-order chi connectivity index (χ1) is 10.1. The Morgan fingerprint density at radius 2 is 1.90 bits per heavy atom. The van der Waals surface area contributed by atoms with Crippen molar-refractivity contribution in [1.29, 1.82) is 0 Å². The molecule has 0 amide bonds. The van der Waals surface area contributed by atoms with E-state index in [1.165, 1.54) is 0 Å². The molecule has 1 heterocycles. The zero-order valence-corrected chi connectivity index (χ0v) is 11.9. The maximum absolute atomic E-state index is 8.73. The Bertz CT molecular complexity index is 639. The van der Waals surface area contributed by atoms with Gasteiger partial charge in [-0.3, -0.25) is 0 Å². The van der Waals surface area contributed by atoms with Gasteiger partial charge in [0.25, 0.3) is 0 Å². The van der Waals surface area contributed by atoms with E-state index in [0.717, 1.165) is 5.75 Å². The first-order valence-corrected chi connectivity index (χ1v) is 6.49. The third kappa shape index (κ3) is 3.85. The molecule has 0 aliphatic carbocycles. The summed E-state index contributed by atoms with van der Waals surface area (Å²) in [4.78, 5) is 4.26. The summed E-state index contributed by atoms with van der Waals surface area (Å²) in [6.45, 7) is 4.34. The van der Waals surface area contributed by atoms with Gasteiger partial charge in [-0.15, -0.1) is 0 Å². The number of aromatic nitrogens is 1. The molecule has 6 nitrogen and oxygen atoms in total. The van der Waals surface area contributed by atoms with Gasteiger partial charge in [0.2, 0.25) is 5.88 Å². The maximum atomic E-state index is 8.73. The summed E-state index contributed by atoms with van der Waals surface area (Å²) in [7, 11) is 0. The van der Waals surface area contributed by atoms with Gasteiger partial charge in [0, 0.05) is 17.3 Å². The van der Waals surface area contributed by atoms with E-state index in [9.17, 15) is 0 Å². The predicted octanol–water partition coefficient (Wildman–Crippen LogP) is 2.68. The van der Waals surface area contributed by atoms with Crippen molar-refractivity contribution in [3.8, 4) is 17.4 Å². The van der Waals surface area contributed by atoms with Crippen LogP contribution in [0.15, 0.2) is 41.6 Å². The first-order valence-electron chi connectivity index (χ1n) is 6.49. The van der Waals surface area contributed by atoms with E-state index in [1.54, 1.807) is 31.2 Å². The number of benzene rings is 1. The van der Waals surface area contributed by atoms with Crippen molar-refractivity contribution in [2.75, 3.05) is 6.61 Å². The summed E-state index contributed by atoms with van der Waals surface area (Å²) in [5, 5.41) is 11.7. The minimum atomic E-state index is 0.0112. The van der Waals surface area contributed by atoms with Crippen LogP contribution in [-0.2, 0) is 0 Å². The predicted molar refractivity (Wildman–Crippen MR) is 79.2 cm³/mol. The molecular weight excluding hydrogens is 270 g/mol. The van der Waals surface area contributed by atoms with Crippen LogP contribution in [0, 0.1) is 6.92 Å². The molecular formula is C15H17N3O3. The zero-order valence-electron chi connectivity index (χ0n) is 11.9. The Morgan fingerprint density at radius 1 is 1.24 bits per heavy atom. The van der Waals surface area contributed by atoms with Crippen LogP contribution in [0.3, 0.4) is 0 Å². The number of oxime groups is 1. The van der Waals surface area contributed by atoms with Crippen LogP contribution >= 0.6 is 0 Å². The molecule has 0 fully saturated rings. The fourth-order valence-corrected chi connectivity index (χ4v) is 1.79. The minimum absolute atomic E-state index is 0.0112. The number of nitrogens with two attached hydrogens (primary N) is 1. The van der Waals surface area contributed by atoms with Gasteiger partial charge in [0.15, 0.2) is 5.84 Å². The highest BCUT2D eigenvalue weighted by Gasteiger charge is 2.06. The topological polar surface area (TPSA) is 90.0 Å². The Balaban J connectivity index is 2.20. The highest BCUT2D eigenvalue weighted by Crippen LogP contribution is 2.23. The minimum Gasteiger partial charge on any atom is -0.494 e. The van der Waals surface area contributed by atoms with Crippen LogP contribution in [0.25, 0.3) is 0 Å². The van der Waals surface area contributed by atoms with E-state index in [4.69, 9.17) is 20.4 Å². The standard InChI is InChI=1S/C15H17N3O3/c1-3-20-12-4-6-13(7-5-12)21-14-9-11(15(16)18-19)8-10(2)17-14/h4-9,19H,3H2,1-2H3,(H2,16,18). The van der Waals surface area contributed by atoms with Gasteiger partial charge in [-0.25, -0.2) is 4.98 Å². The molecule has 6 heteroatoms. The number of nitrogens with zero attached hydrogens (tertiary/aromatic N) is 2. The first kappa shape index (κ1) is 14.6. The number of amidine groups is 1. The molecule has 0 saturated carbocycles. The van der Waals surface area contributed by atoms with E-state index in [-0.39, 0.29) is 5.84 Å². The second-order valence-electron chi connectivity index (χ2n) is 4.33. The number of ether oxygens (including phenoxy) is 2. The normalized spacial score (nSPS) is 11.2. The summed E-state index contributed by atoms with van der Waals surface area (Å²) in [5.74, 6) is 1.79. The monoisotopic (exact) mass is 287 g/mol. The van der Waals surface area contributed by atoms with E-state index in [1.807, 2.05) is 19.1 Å². The third-order valence-corrected chi connectivity index (χ3v) is 2.69. The van der Waals surface area contributed by atoms with Crippen molar-refractivity contribution in [3.63, 3.8) is 0 Å². The molecule has 0 aliphatic rings. The van der Waals surface area contributed by atoms with E-state index in [0.29, 0.717) is 29.5 Å². The SMILES string of the molecule is CCOc1ccc(Oc2cc(/C(N)=N/O)cc(C)n2)cc1. The quantitative estimate of drug-likeness (QED) is 0.382. The third-order valence-electron chi connectivity index (χ3n) is 2.69. The molecule has 2 rings (SSSR count). The molecule has 0 aliphatic heterocycles. The smallest absolute Gasteiger partial charge is 0.220 e. The van der Waals surface area contributed by atoms with Gasteiger partial charge < -0.3 is 20.4 Å². The molecule has 0 bridgehead atoms. The van der Waals surface area contributed by atoms with Crippen molar-refractivity contribution >= 4 is 5.84 Å². The summed E-state index contributed by atoms with van der Waals surface area (Å²) >= 11 is 0. The Kier molecular flexibility index (Phi) is 4.61. The Labute approximate surface area is 122 Å². The van der Waals surface area contributed by atoms with Crippen molar-refractivity contribution in [3.05, 3.63) is 47.7 Å². The second-order valence-corrected chi connectivity index (χ2v) is 4.33. The van der Waals surface area contributed by atoms with Gasteiger partial charge in [-0.2, -0.15) is 0 Å². The van der Waals surface area contributed by atoms with Gasteiger partial charge in [-0.1, -0.05) is 5.16 Å². The van der Waals surface area contributed by atoms with Crippen molar-refractivity contribution in [1.82, 2.24) is 4.98 Å². The average Bonchev–Trinajstić information content (AvgIpc) is 2.48. The Morgan fingerprint density at radius 3 is 2.52 bits per heavy atom. The average molecular weight is 287 g/mol. The number of aryl methyl sites for hydroxylation is 1. The van der Waals surface area contributed by atoms with Crippen LogP contribution in [0.4, 0.5) is 0 Å². The molecule has 0 spiro atoms. The fourth-order valence-electron chi connectivity index (χ4n) is 1.79. The molecule has 3 N–H and O–H groups in total. The van der Waals surface area contributed by atoms with Gasteiger partial charge in [-0.05, 0) is 44.2 Å². The number of hydrogen-bond acceptors (Lipinski definition) is 5. The number of pyridine rings is 1. The lowest BCUT2D eigenvalue weighted by Gasteiger charge is -2.09. The fraction of sp³-hybridized carbons (Fsp3) is 0.200. The van der Waals surface area contributed by atoms with Crippen LogP contribution < -0.4 is 15.2 Å². The lowest BCUT2D eigenvalue weighted by molar-refractivity contribution is 0.318. The second kappa shape index (κ2) is 6.60.